The minimum Gasteiger partial charge on any atom is -0.488 e. The molecule has 1 N–H and O–H groups in total. The van der Waals surface area contributed by atoms with Gasteiger partial charge in [0.2, 0.25) is 0 Å². The fourth-order valence-corrected chi connectivity index (χ4v) is 3.08. The monoisotopic (exact) mass is 383 g/mol. The van der Waals surface area contributed by atoms with Crippen molar-refractivity contribution in [1.29, 1.82) is 5.26 Å². The number of halogens is 1. The Labute approximate surface area is 167 Å². The smallest absolute Gasteiger partial charge is 0.149 e. The number of H-pyrrole nitrogens is 1. The SMILES string of the molecule is Cc1ccc2nc(C(C#N)=Cc3ccccc3OCc3cccc(F)c3)[nH]c2c1. The number of aryl methyl sites for hydroxylation is 1. The molecule has 142 valence electrons. The Balaban J connectivity index is 1.64. The van der Waals surface area contributed by atoms with Gasteiger partial charge in [-0.15, -0.1) is 0 Å². The van der Waals surface area contributed by atoms with Crippen molar-refractivity contribution in [3.05, 3.63) is 95.1 Å². The van der Waals surface area contributed by atoms with Crippen LogP contribution in [0.4, 0.5) is 4.39 Å². The summed E-state index contributed by atoms with van der Waals surface area (Å²) < 4.78 is 19.3. The molecule has 29 heavy (non-hydrogen) atoms. The Morgan fingerprint density at radius 2 is 2.00 bits per heavy atom. The molecule has 1 heterocycles. The van der Waals surface area contributed by atoms with Gasteiger partial charge >= 0.3 is 0 Å². The van der Waals surface area contributed by atoms with Crippen LogP contribution in [0.5, 0.6) is 5.75 Å². The summed E-state index contributed by atoms with van der Waals surface area (Å²) in [7, 11) is 0. The molecule has 5 heteroatoms. The molecule has 0 atom stereocenters. The predicted octanol–water partition coefficient (Wildman–Crippen LogP) is 5.65. The van der Waals surface area contributed by atoms with Gasteiger partial charge in [-0.05, 0) is 54.5 Å². The van der Waals surface area contributed by atoms with Crippen molar-refractivity contribution >= 4 is 22.7 Å². The van der Waals surface area contributed by atoms with Gasteiger partial charge in [0.1, 0.15) is 30.1 Å². The number of hydrogen-bond donors (Lipinski definition) is 1. The number of rotatable bonds is 5. The third-order valence-corrected chi connectivity index (χ3v) is 4.52. The molecular formula is C24H18FN3O. The second kappa shape index (κ2) is 7.99. The molecule has 0 spiro atoms. The van der Waals surface area contributed by atoms with E-state index < -0.39 is 0 Å². The summed E-state index contributed by atoms with van der Waals surface area (Å²) >= 11 is 0. The quantitative estimate of drug-likeness (QED) is 0.453. The predicted molar refractivity (Wildman–Crippen MR) is 111 cm³/mol. The van der Waals surface area contributed by atoms with Crippen molar-refractivity contribution in [2.75, 3.05) is 0 Å². The molecule has 4 rings (SSSR count). The van der Waals surface area contributed by atoms with Gasteiger partial charge in [-0.1, -0.05) is 36.4 Å². The van der Waals surface area contributed by atoms with Gasteiger partial charge in [-0.25, -0.2) is 9.37 Å². The minimum absolute atomic E-state index is 0.231. The number of para-hydroxylation sites is 1. The lowest BCUT2D eigenvalue weighted by molar-refractivity contribution is 0.305. The van der Waals surface area contributed by atoms with Crippen LogP contribution >= 0.6 is 0 Å². The first kappa shape index (κ1) is 18.5. The summed E-state index contributed by atoms with van der Waals surface area (Å²) in [6, 6.07) is 21.8. The molecule has 0 aliphatic heterocycles. The van der Waals surface area contributed by atoms with Crippen molar-refractivity contribution < 1.29 is 9.13 Å². The Kier molecular flexibility index (Phi) is 5.08. The number of ether oxygens (including phenoxy) is 1. The van der Waals surface area contributed by atoms with Crippen molar-refractivity contribution in [2.45, 2.75) is 13.5 Å². The number of imidazole rings is 1. The molecule has 0 bridgehead atoms. The molecular weight excluding hydrogens is 365 g/mol. The molecule has 0 saturated carbocycles. The number of hydrogen-bond acceptors (Lipinski definition) is 3. The fourth-order valence-electron chi connectivity index (χ4n) is 3.08. The van der Waals surface area contributed by atoms with Crippen molar-refractivity contribution in [3.8, 4) is 11.8 Å². The maximum absolute atomic E-state index is 13.4. The van der Waals surface area contributed by atoms with Crippen LogP contribution in [0.3, 0.4) is 0 Å². The molecule has 4 nitrogen and oxygen atoms in total. The first-order chi connectivity index (χ1) is 14.1. The molecule has 0 fully saturated rings. The Morgan fingerprint density at radius 1 is 1.14 bits per heavy atom. The van der Waals surface area contributed by atoms with Crippen LogP contribution in [0.1, 0.15) is 22.5 Å². The zero-order chi connectivity index (χ0) is 20.2. The van der Waals surface area contributed by atoms with Gasteiger partial charge in [0.15, 0.2) is 0 Å². The molecule has 0 amide bonds. The van der Waals surface area contributed by atoms with Gasteiger partial charge in [0.25, 0.3) is 0 Å². The van der Waals surface area contributed by atoms with Gasteiger partial charge < -0.3 is 9.72 Å². The van der Waals surface area contributed by atoms with E-state index in [-0.39, 0.29) is 12.4 Å². The average molecular weight is 383 g/mol. The van der Waals surface area contributed by atoms with Crippen LogP contribution in [0, 0.1) is 24.1 Å². The van der Waals surface area contributed by atoms with Crippen molar-refractivity contribution in [1.82, 2.24) is 9.97 Å². The Hall–Kier alpha value is -3.91. The van der Waals surface area contributed by atoms with Gasteiger partial charge in [0.05, 0.1) is 16.6 Å². The zero-order valence-electron chi connectivity index (χ0n) is 15.8. The maximum atomic E-state index is 13.4. The van der Waals surface area contributed by atoms with Crippen LogP contribution in [-0.4, -0.2) is 9.97 Å². The lowest BCUT2D eigenvalue weighted by Gasteiger charge is -2.09. The number of nitriles is 1. The highest BCUT2D eigenvalue weighted by atomic mass is 19.1. The van der Waals surface area contributed by atoms with E-state index in [1.54, 1.807) is 18.2 Å². The third-order valence-electron chi connectivity index (χ3n) is 4.52. The summed E-state index contributed by atoms with van der Waals surface area (Å²) in [5.74, 6) is 0.815. The minimum atomic E-state index is -0.300. The number of nitrogens with zero attached hydrogens (tertiary/aromatic N) is 2. The number of aromatic nitrogens is 2. The third kappa shape index (κ3) is 4.17. The highest BCUT2D eigenvalue weighted by molar-refractivity contribution is 5.91. The molecule has 0 unspecified atom stereocenters. The number of nitrogens with one attached hydrogen (secondary N) is 1. The molecule has 1 aromatic heterocycles. The van der Waals surface area contributed by atoms with Crippen molar-refractivity contribution in [2.24, 2.45) is 0 Å². The van der Waals surface area contributed by atoms with E-state index in [9.17, 15) is 9.65 Å². The van der Waals surface area contributed by atoms with Gasteiger partial charge in [-0.2, -0.15) is 5.26 Å². The largest absolute Gasteiger partial charge is 0.488 e. The molecule has 3 aromatic carbocycles. The molecule has 0 saturated heterocycles. The second-order valence-electron chi connectivity index (χ2n) is 6.73. The van der Waals surface area contributed by atoms with Crippen LogP contribution in [0.15, 0.2) is 66.7 Å². The first-order valence-electron chi connectivity index (χ1n) is 9.17. The van der Waals surface area contributed by atoms with E-state index in [1.807, 2.05) is 49.4 Å². The second-order valence-corrected chi connectivity index (χ2v) is 6.73. The van der Waals surface area contributed by atoms with E-state index in [2.05, 4.69) is 16.0 Å². The lowest BCUT2D eigenvalue weighted by Crippen LogP contribution is -1.97. The molecule has 0 aliphatic carbocycles. The summed E-state index contributed by atoms with van der Waals surface area (Å²) in [5, 5.41) is 9.69. The number of allylic oxidation sites excluding steroid dienone is 1. The highest BCUT2D eigenvalue weighted by Crippen LogP contribution is 2.26. The topological polar surface area (TPSA) is 61.7 Å². The average Bonchev–Trinajstić information content (AvgIpc) is 3.14. The molecule has 0 aliphatic rings. The first-order valence-corrected chi connectivity index (χ1v) is 9.17. The summed E-state index contributed by atoms with van der Waals surface area (Å²) in [5.41, 5.74) is 4.69. The van der Waals surface area contributed by atoms with Gasteiger partial charge in [-0.3, -0.25) is 0 Å². The molecule has 4 aromatic rings. The van der Waals surface area contributed by atoms with E-state index in [0.29, 0.717) is 17.1 Å². The zero-order valence-corrected chi connectivity index (χ0v) is 15.8. The van der Waals surface area contributed by atoms with Gasteiger partial charge in [0, 0.05) is 5.56 Å². The standard InChI is InChI=1S/C24H18FN3O/c1-16-9-10-21-22(11-16)28-24(27-21)19(14-26)13-18-6-2-3-8-23(18)29-15-17-5-4-7-20(25)12-17/h2-13H,15H2,1H3,(H,27,28). The normalized spacial score (nSPS) is 11.4. The fraction of sp³-hybridized carbons (Fsp3) is 0.0833. The Morgan fingerprint density at radius 3 is 2.83 bits per heavy atom. The lowest BCUT2D eigenvalue weighted by atomic mass is 10.1. The van der Waals surface area contributed by atoms with Crippen LogP contribution in [-0.2, 0) is 6.61 Å². The molecule has 0 radical (unpaired) electrons. The van der Waals surface area contributed by atoms with Crippen molar-refractivity contribution in [3.63, 3.8) is 0 Å². The van der Waals surface area contributed by atoms with Crippen LogP contribution in [0.2, 0.25) is 0 Å². The number of fused-ring (bicyclic) bond motifs is 1. The Bertz CT molecular complexity index is 1250. The van der Waals surface area contributed by atoms with Crippen LogP contribution in [0.25, 0.3) is 22.7 Å². The number of aromatic amines is 1. The maximum Gasteiger partial charge on any atom is 0.149 e. The van der Waals surface area contributed by atoms with E-state index in [1.165, 1.54) is 12.1 Å². The van der Waals surface area contributed by atoms with E-state index >= 15 is 0 Å². The summed E-state index contributed by atoms with van der Waals surface area (Å²) in [4.78, 5) is 7.73. The summed E-state index contributed by atoms with van der Waals surface area (Å²) in [6.45, 7) is 2.24. The summed E-state index contributed by atoms with van der Waals surface area (Å²) in [6.07, 6.45) is 1.74. The number of benzene rings is 3. The van der Waals surface area contributed by atoms with E-state index in [4.69, 9.17) is 4.74 Å². The van der Waals surface area contributed by atoms with Crippen LogP contribution < -0.4 is 4.74 Å². The highest BCUT2D eigenvalue weighted by Gasteiger charge is 2.10. The van der Waals surface area contributed by atoms with E-state index in [0.717, 1.165) is 27.7 Å².